The molecule has 4 heteroatoms. The molecule has 0 N–H and O–H groups in total. The van der Waals surface area contributed by atoms with Gasteiger partial charge in [0.15, 0.2) is 6.10 Å². The summed E-state index contributed by atoms with van der Waals surface area (Å²) in [6.45, 7) is 5.49. The molecule has 2 aliphatic rings. The number of hydrogen-bond acceptors (Lipinski definition) is 4. The van der Waals surface area contributed by atoms with Crippen LogP contribution in [-0.4, -0.2) is 36.3 Å². The molecule has 2 fully saturated rings. The maximum absolute atomic E-state index is 12.0. The molecule has 2 aliphatic heterocycles. The zero-order valence-corrected chi connectivity index (χ0v) is 13.0. The van der Waals surface area contributed by atoms with Crippen molar-refractivity contribution in [2.24, 2.45) is 5.92 Å². The van der Waals surface area contributed by atoms with E-state index in [1.54, 1.807) is 0 Å². The molecule has 116 valence electrons. The minimum absolute atomic E-state index is 0.169. The molecule has 0 aromatic heterocycles. The monoisotopic (exact) mass is 283 g/mol. The Morgan fingerprint density at radius 1 is 1.25 bits per heavy atom. The third-order valence-electron chi connectivity index (χ3n) is 4.54. The van der Waals surface area contributed by atoms with E-state index in [4.69, 9.17) is 9.57 Å². The van der Waals surface area contributed by atoms with Gasteiger partial charge in [-0.25, -0.2) is 4.79 Å². The Morgan fingerprint density at radius 2 is 2.05 bits per heavy atom. The molecule has 2 bridgehead atoms. The highest BCUT2D eigenvalue weighted by atomic mass is 16.7. The lowest BCUT2D eigenvalue weighted by Crippen LogP contribution is -2.38. The van der Waals surface area contributed by atoms with Gasteiger partial charge in [-0.1, -0.05) is 39.0 Å². The molecule has 0 aromatic rings. The summed E-state index contributed by atoms with van der Waals surface area (Å²) in [5, 5.41) is 2.07. The highest BCUT2D eigenvalue weighted by Crippen LogP contribution is 2.38. The van der Waals surface area contributed by atoms with Crippen LogP contribution in [0.2, 0.25) is 0 Å². The number of fused-ring (bicyclic) bond motifs is 2. The smallest absolute Gasteiger partial charge is 0.337 e. The molecule has 1 unspecified atom stereocenters. The molecule has 20 heavy (non-hydrogen) atoms. The van der Waals surface area contributed by atoms with E-state index in [0.717, 1.165) is 25.8 Å². The summed E-state index contributed by atoms with van der Waals surface area (Å²) in [5.74, 6) is 0.173. The molecule has 2 heterocycles. The molecule has 0 saturated carbocycles. The largest absolute Gasteiger partial charge is 0.464 e. The highest BCUT2D eigenvalue weighted by Gasteiger charge is 2.48. The van der Waals surface area contributed by atoms with Crippen molar-refractivity contribution in [3.8, 4) is 0 Å². The number of piperidine rings is 1. The average Bonchev–Trinajstić information content (AvgIpc) is 2.65. The van der Waals surface area contributed by atoms with Crippen molar-refractivity contribution in [1.29, 1.82) is 0 Å². The first kappa shape index (κ1) is 15.8. The highest BCUT2D eigenvalue weighted by molar-refractivity contribution is 5.75. The fourth-order valence-corrected chi connectivity index (χ4v) is 3.52. The van der Waals surface area contributed by atoms with Crippen molar-refractivity contribution in [2.45, 2.75) is 77.4 Å². The van der Waals surface area contributed by atoms with Crippen LogP contribution in [0.15, 0.2) is 0 Å². The second-order valence-electron chi connectivity index (χ2n) is 6.00. The molecule has 4 nitrogen and oxygen atoms in total. The maximum atomic E-state index is 12.0. The lowest BCUT2D eigenvalue weighted by atomic mass is 9.84. The van der Waals surface area contributed by atoms with E-state index in [9.17, 15) is 4.79 Å². The Hall–Kier alpha value is -0.610. The second-order valence-corrected chi connectivity index (χ2v) is 6.00. The fourth-order valence-electron chi connectivity index (χ4n) is 3.52. The summed E-state index contributed by atoms with van der Waals surface area (Å²) in [7, 11) is 0. The van der Waals surface area contributed by atoms with Gasteiger partial charge in [0.2, 0.25) is 0 Å². The predicted molar refractivity (Wildman–Crippen MR) is 78.1 cm³/mol. The summed E-state index contributed by atoms with van der Waals surface area (Å²) in [6.07, 6.45) is 9.53. The van der Waals surface area contributed by atoms with Crippen molar-refractivity contribution in [2.75, 3.05) is 13.2 Å². The average molecular weight is 283 g/mol. The van der Waals surface area contributed by atoms with E-state index in [1.165, 1.54) is 32.1 Å². The van der Waals surface area contributed by atoms with E-state index in [-0.39, 0.29) is 12.1 Å². The maximum Gasteiger partial charge on any atom is 0.337 e. The van der Waals surface area contributed by atoms with Crippen LogP contribution in [0.25, 0.3) is 0 Å². The molecular formula is C16H29NO3. The predicted octanol–water partition coefficient (Wildman–Crippen LogP) is 3.30. The van der Waals surface area contributed by atoms with E-state index < -0.39 is 0 Å². The number of carbonyl (C=O) groups is 1. The van der Waals surface area contributed by atoms with Gasteiger partial charge in [-0.3, -0.25) is 4.84 Å². The van der Waals surface area contributed by atoms with Crippen LogP contribution < -0.4 is 0 Å². The lowest BCUT2D eigenvalue weighted by molar-refractivity contribution is -0.188. The van der Waals surface area contributed by atoms with Gasteiger partial charge in [0.05, 0.1) is 6.61 Å². The van der Waals surface area contributed by atoms with Crippen molar-refractivity contribution < 1.29 is 14.4 Å². The Balaban J connectivity index is 1.82. The van der Waals surface area contributed by atoms with Crippen molar-refractivity contribution in [1.82, 2.24) is 5.06 Å². The minimum Gasteiger partial charge on any atom is -0.464 e. The first-order valence-corrected chi connectivity index (χ1v) is 8.38. The number of ether oxygens (including phenoxy) is 1. The number of hydroxylamine groups is 2. The zero-order chi connectivity index (χ0) is 14.4. The number of esters is 1. The van der Waals surface area contributed by atoms with Gasteiger partial charge in [-0.2, -0.15) is 5.06 Å². The SMILES string of the molecule is CCCCCCC[C@H]1[C@@H]2CCCN1O[C@H]2C(=O)OCC. The number of nitrogens with zero attached hydrogens (tertiary/aromatic N) is 1. The molecule has 0 aliphatic carbocycles. The quantitative estimate of drug-likeness (QED) is 0.506. The van der Waals surface area contributed by atoms with Crippen LogP contribution in [0.5, 0.6) is 0 Å². The summed E-state index contributed by atoms with van der Waals surface area (Å²) >= 11 is 0. The minimum atomic E-state index is -0.349. The molecule has 2 rings (SSSR count). The summed E-state index contributed by atoms with van der Waals surface area (Å²) < 4.78 is 5.15. The van der Waals surface area contributed by atoms with Crippen molar-refractivity contribution >= 4 is 5.97 Å². The summed E-state index contributed by atoms with van der Waals surface area (Å²) in [4.78, 5) is 17.8. The van der Waals surface area contributed by atoms with E-state index in [0.29, 0.717) is 18.6 Å². The molecule has 4 atom stereocenters. The zero-order valence-electron chi connectivity index (χ0n) is 13.0. The Kier molecular flexibility index (Phi) is 6.30. The number of unbranched alkanes of at least 4 members (excludes halogenated alkanes) is 4. The van der Waals surface area contributed by atoms with Gasteiger partial charge >= 0.3 is 5.97 Å². The van der Waals surface area contributed by atoms with Crippen LogP contribution in [0, 0.1) is 5.92 Å². The van der Waals surface area contributed by atoms with Crippen molar-refractivity contribution in [3.63, 3.8) is 0 Å². The van der Waals surface area contributed by atoms with Gasteiger partial charge in [0.25, 0.3) is 0 Å². The van der Waals surface area contributed by atoms with Gasteiger partial charge in [-0.15, -0.1) is 0 Å². The van der Waals surface area contributed by atoms with Gasteiger partial charge in [-0.05, 0) is 26.2 Å². The second kappa shape index (κ2) is 7.99. The number of carbonyl (C=O) groups excluding carboxylic acids is 1. The Labute approximate surface area is 122 Å². The summed E-state index contributed by atoms with van der Waals surface area (Å²) in [6, 6.07) is 0.430. The third-order valence-corrected chi connectivity index (χ3v) is 4.54. The normalized spacial score (nSPS) is 32.3. The molecule has 0 amide bonds. The van der Waals surface area contributed by atoms with E-state index >= 15 is 0 Å². The van der Waals surface area contributed by atoms with Crippen LogP contribution >= 0.6 is 0 Å². The number of rotatable bonds is 8. The molecule has 0 aromatic carbocycles. The Bertz CT molecular complexity index is 308. The first-order chi connectivity index (χ1) is 9.77. The van der Waals surface area contributed by atoms with Crippen LogP contribution in [-0.2, 0) is 14.4 Å². The molecule has 0 spiro atoms. The first-order valence-electron chi connectivity index (χ1n) is 8.38. The third kappa shape index (κ3) is 3.73. The summed E-state index contributed by atoms with van der Waals surface area (Å²) in [5.41, 5.74) is 0. The van der Waals surface area contributed by atoms with Crippen LogP contribution in [0.1, 0.15) is 65.2 Å². The molecular weight excluding hydrogens is 254 g/mol. The molecule has 0 radical (unpaired) electrons. The van der Waals surface area contributed by atoms with Gasteiger partial charge < -0.3 is 4.74 Å². The lowest BCUT2D eigenvalue weighted by Gasteiger charge is -2.30. The van der Waals surface area contributed by atoms with Crippen LogP contribution in [0.4, 0.5) is 0 Å². The fraction of sp³-hybridized carbons (Fsp3) is 0.938. The van der Waals surface area contributed by atoms with E-state index in [1.807, 2.05) is 6.92 Å². The number of hydrogen-bond donors (Lipinski definition) is 0. The Morgan fingerprint density at radius 3 is 2.80 bits per heavy atom. The molecule has 2 saturated heterocycles. The van der Waals surface area contributed by atoms with Crippen LogP contribution in [0.3, 0.4) is 0 Å². The topological polar surface area (TPSA) is 38.8 Å². The van der Waals surface area contributed by atoms with Crippen molar-refractivity contribution in [3.05, 3.63) is 0 Å². The van der Waals surface area contributed by atoms with Gasteiger partial charge in [0, 0.05) is 18.5 Å². The van der Waals surface area contributed by atoms with Gasteiger partial charge in [0.1, 0.15) is 0 Å². The standard InChI is InChI=1S/C16H29NO3/c1-3-5-6-7-8-11-14-13-10-9-12-17(14)20-15(13)16(18)19-4-2/h13-15H,3-12H2,1-2H3/t13-,14-,15+/m0/s1. The van der Waals surface area contributed by atoms with E-state index in [2.05, 4.69) is 12.0 Å².